The van der Waals surface area contributed by atoms with Crippen molar-refractivity contribution >= 4 is 5.91 Å². The molecular weight excluding hydrogens is 302 g/mol. The van der Waals surface area contributed by atoms with E-state index in [-0.39, 0.29) is 5.91 Å². The molecule has 1 aromatic heterocycles. The van der Waals surface area contributed by atoms with E-state index in [1.165, 1.54) is 30.2 Å². The molecule has 3 rings (SSSR count). The summed E-state index contributed by atoms with van der Waals surface area (Å²) in [5.74, 6) is 0.521. The number of benzene rings is 1. The van der Waals surface area contributed by atoms with Gasteiger partial charge in [0.2, 0.25) is 5.89 Å². The molecule has 1 aromatic carbocycles. The molecule has 1 fully saturated rings. The number of rotatable bonds is 7. The second-order valence-electron chi connectivity index (χ2n) is 6.51. The van der Waals surface area contributed by atoms with Gasteiger partial charge in [-0.2, -0.15) is 0 Å². The summed E-state index contributed by atoms with van der Waals surface area (Å²) >= 11 is 0. The van der Waals surface area contributed by atoms with Gasteiger partial charge in [-0.1, -0.05) is 24.3 Å². The molecule has 0 radical (unpaired) electrons. The minimum Gasteiger partial charge on any atom is -0.447 e. The first-order valence-electron chi connectivity index (χ1n) is 8.57. The monoisotopic (exact) mass is 327 g/mol. The molecule has 0 bridgehead atoms. The molecule has 128 valence electrons. The maximum atomic E-state index is 12.1. The van der Waals surface area contributed by atoms with Crippen LogP contribution < -0.4 is 0 Å². The van der Waals surface area contributed by atoms with Crippen molar-refractivity contribution in [2.45, 2.75) is 45.8 Å². The topological polar surface area (TPSA) is 49.6 Å². The Morgan fingerprint density at radius 3 is 2.71 bits per heavy atom. The molecule has 1 aliphatic rings. The fourth-order valence-electron chi connectivity index (χ4n) is 2.75. The molecule has 0 unspecified atom stereocenters. The predicted molar refractivity (Wildman–Crippen MR) is 92.6 cm³/mol. The Kier molecular flexibility index (Phi) is 5.00. The quantitative estimate of drug-likeness (QED) is 0.783. The van der Waals surface area contributed by atoms with Gasteiger partial charge in [-0.3, -0.25) is 9.69 Å². The van der Waals surface area contributed by atoms with E-state index in [9.17, 15) is 4.79 Å². The van der Waals surface area contributed by atoms with Gasteiger partial charge in [0, 0.05) is 26.2 Å². The van der Waals surface area contributed by atoms with E-state index in [0.29, 0.717) is 30.7 Å². The van der Waals surface area contributed by atoms with Gasteiger partial charge in [0.05, 0.1) is 6.54 Å². The summed E-state index contributed by atoms with van der Waals surface area (Å²) in [6.45, 7) is 6.27. The van der Waals surface area contributed by atoms with Gasteiger partial charge in [0.15, 0.2) is 5.69 Å². The molecule has 0 atom stereocenters. The molecule has 24 heavy (non-hydrogen) atoms. The third-order valence-corrected chi connectivity index (χ3v) is 4.63. The minimum absolute atomic E-state index is 0.0932. The van der Waals surface area contributed by atoms with Crippen LogP contribution >= 0.6 is 0 Å². The van der Waals surface area contributed by atoms with Crippen molar-refractivity contribution in [2.75, 3.05) is 13.6 Å². The highest BCUT2D eigenvalue weighted by molar-refractivity contribution is 5.91. The summed E-state index contributed by atoms with van der Waals surface area (Å²) < 4.78 is 5.56. The van der Waals surface area contributed by atoms with Crippen molar-refractivity contribution in [3.8, 4) is 0 Å². The number of carbonyl (C=O) groups excluding carboxylic acids is 1. The third-order valence-electron chi connectivity index (χ3n) is 4.63. The largest absolute Gasteiger partial charge is 0.447 e. The van der Waals surface area contributed by atoms with Gasteiger partial charge in [-0.05, 0) is 37.8 Å². The number of oxazole rings is 1. The SMILES string of the molecule is CCN(C)C(=O)c1coc(CN(Cc2ccccc2C)C2CC2)n1. The van der Waals surface area contributed by atoms with Crippen molar-refractivity contribution < 1.29 is 9.21 Å². The van der Waals surface area contributed by atoms with Crippen LogP contribution in [-0.4, -0.2) is 40.3 Å². The van der Waals surface area contributed by atoms with E-state index in [1.807, 2.05) is 6.92 Å². The van der Waals surface area contributed by atoms with Crippen molar-refractivity contribution in [2.24, 2.45) is 0 Å². The van der Waals surface area contributed by atoms with E-state index < -0.39 is 0 Å². The Morgan fingerprint density at radius 2 is 2.04 bits per heavy atom. The Hall–Kier alpha value is -2.14. The number of aryl methyl sites for hydroxylation is 1. The second kappa shape index (κ2) is 7.18. The molecule has 5 heteroatoms. The second-order valence-corrected chi connectivity index (χ2v) is 6.51. The fourth-order valence-corrected chi connectivity index (χ4v) is 2.75. The van der Waals surface area contributed by atoms with E-state index in [1.54, 1.807) is 11.9 Å². The first-order valence-corrected chi connectivity index (χ1v) is 8.57. The molecule has 0 N–H and O–H groups in total. The maximum absolute atomic E-state index is 12.1. The summed E-state index contributed by atoms with van der Waals surface area (Å²) in [4.78, 5) is 20.6. The number of hydrogen-bond donors (Lipinski definition) is 0. The lowest BCUT2D eigenvalue weighted by Gasteiger charge is -2.21. The van der Waals surface area contributed by atoms with Gasteiger partial charge in [0.1, 0.15) is 6.26 Å². The highest BCUT2D eigenvalue weighted by atomic mass is 16.3. The van der Waals surface area contributed by atoms with Crippen molar-refractivity contribution in [1.29, 1.82) is 0 Å². The highest BCUT2D eigenvalue weighted by Crippen LogP contribution is 2.30. The van der Waals surface area contributed by atoms with E-state index in [4.69, 9.17) is 4.42 Å². The number of nitrogens with zero attached hydrogens (tertiary/aromatic N) is 3. The molecule has 1 heterocycles. The zero-order chi connectivity index (χ0) is 17.1. The van der Waals surface area contributed by atoms with Gasteiger partial charge in [0.25, 0.3) is 5.91 Å². The van der Waals surface area contributed by atoms with E-state index >= 15 is 0 Å². The van der Waals surface area contributed by atoms with Crippen molar-refractivity contribution in [3.05, 3.63) is 53.2 Å². The van der Waals surface area contributed by atoms with Crippen LogP contribution in [0.3, 0.4) is 0 Å². The summed E-state index contributed by atoms with van der Waals surface area (Å²) in [6.07, 6.45) is 3.91. The number of aromatic nitrogens is 1. The Morgan fingerprint density at radius 1 is 1.29 bits per heavy atom. The fraction of sp³-hybridized carbons (Fsp3) is 0.474. The lowest BCUT2D eigenvalue weighted by atomic mass is 10.1. The number of carbonyl (C=O) groups is 1. The third kappa shape index (κ3) is 3.85. The molecule has 5 nitrogen and oxygen atoms in total. The van der Waals surface area contributed by atoms with Gasteiger partial charge in [-0.25, -0.2) is 4.98 Å². The number of amides is 1. The van der Waals surface area contributed by atoms with Crippen LogP contribution in [0.5, 0.6) is 0 Å². The van der Waals surface area contributed by atoms with Gasteiger partial charge >= 0.3 is 0 Å². The van der Waals surface area contributed by atoms with Crippen LogP contribution in [-0.2, 0) is 13.1 Å². The average Bonchev–Trinajstić information content (AvgIpc) is 3.34. The lowest BCUT2D eigenvalue weighted by molar-refractivity contribution is 0.0796. The molecule has 1 amide bonds. The van der Waals surface area contributed by atoms with E-state index in [0.717, 1.165) is 6.54 Å². The molecule has 0 aliphatic heterocycles. The van der Waals surface area contributed by atoms with Crippen LogP contribution in [0.15, 0.2) is 34.9 Å². The molecular formula is C19H25N3O2. The van der Waals surface area contributed by atoms with Crippen LogP contribution in [0, 0.1) is 6.92 Å². The average molecular weight is 327 g/mol. The minimum atomic E-state index is -0.0932. The zero-order valence-corrected chi connectivity index (χ0v) is 14.7. The Balaban J connectivity index is 1.70. The van der Waals surface area contributed by atoms with Crippen LogP contribution in [0.1, 0.15) is 47.3 Å². The first kappa shape index (κ1) is 16.7. The molecule has 1 saturated carbocycles. The van der Waals surface area contributed by atoms with Gasteiger partial charge in [-0.15, -0.1) is 0 Å². The molecule has 0 spiro atoms. The first-order chi connectivity index (χ1) is 11.6. The highest BCUT2D eigenvalue weighted by Gasteiger charge is 2.30. The van der Waals surface area contributed by atoms with Crippen LogP contribution in [0.25, 0.3) is 0 Å². The summed E-state index contributed by atoms with van der Waals surface area (Å²) in [5.41, 5.74) is 3.02. The predicted octanol–water partition coefficient (Wildman–Crippen LogP) is 3.24. The molecule has 0 saturated heterocycles. The van der Waals surface area contributed by atoms with Gasteiger partial charge < -0.3 is 9.32 Å². The standard InChI is InChI=1S/C19H25N3O2/c1-4-21(3)19(23)17-13-24-18(20-17)12-22(16-9-10-16)11-15-8-6-5-7-14(15)2/h5-8,13,16H,4,9-12H2,1-3H3. The molecule has 2 aromatic rings. The summed E-state index contributed by atoms with van der Waals surface area (Å²) in [7, 11) is 1.77. The lowest BCUT2D eigenvalue weighted by Crippen LogP contribution is -2.27. The Labute approximate surface area is 143 Å². The molecule has 1 aliphatic carbocycles. The Bertz CT molecular complexity index is 706. The normalized spacial score (nSPS) is 14.2. The zero-order valence-electron chi connectivity index (χ0n) is 14.7. The van der Waals surface area contributed by atoms with Crippen LogP contribution in [0.4, 0.5) is 0 Å². The van der Waals surface area contributed by atoms with Crippen molar-refractivity contribution in [3.63, 3.8) is 0 Å². The smallest absolute Gasteiger partial charge is 0.275 e. The van der Waals surface area contributed by atoms with Crippen molar-refractivity contribution in [1.82, 2.24) is 14.8 Å². The number of hydrogen-bond acceptors (Lipinski definition) is 4. The summed E-state index contributed by atoms with van der Waals surface area (Å²) in [5, 5.41) is 0. The summed E-state index contributed by atoms with van der Waals surface area (Å²) in [6, 6.07) is 9.05. The van der Waals surface area contributed by atoms with Crippen LogP contribution in [0.2, 0.25) is 0 Å². The maximum Gasteiger partial charge on any atom is 0.275 e. The van der Waals surface area contributed by atoms with E-state index in [2.05, 4.69) is 41.1 Å².